The summed E-state index contributed by atoms with van der Waals surface area (Å²) in [6.07, 6.45) is 4.66. The maximum absolute atomic E-state index is 5.76. The van der Waals surface area contributed by atoms with Crippen LogP contribution in [0.25, 0.3) is 0 Å². The predicted octanol–water partition coefficient (Wildman–Crippen LogP) is 3.37. The first kappa shape index (κ1) is 15.5. The molecule has 2 aromatic rings. The standard InChI is InChI=1S/C16H24N4O/c1-5-9-20-12-14(11-18-20)21-15-8-6-7-13(19-15)10-17-16(2,3)4/h6-8,11-12,17H,5,9-10H2,1-4H3. The summed E-state index contributed by atoms with van der Waals surface area (Å²) >= 11 is 0. The Balaban J connectivity index is 1.99. The van der Waals surface area contributed by atoms with Gasteiger partial charge < -0.3 is 10.1 Å². The first-order valence-corrected chi connectivity index (χ1v) is 7.37. The van der Waals surface area contributed by atoms with Crippen molar-refractivity contribution in [1.29, 1.82) is 0 Å². The fourth-order valence-electron chi connectivity index (χ4n) is 1.84. The third-order valence-corrected chi connectivity index (χ3v) is 2.87. The molecule has 0 aliphatic heterocycles. The van der Waals surface area contributed by atoms with Gasteiger partial charge >= 0.3 is 0 Å². The molecule has 0 bridgehead atoms. The molecule has 1 N–H and O–H groups in total. The highest BCUT2D eigenvalue weighted by Crippen LogP contribution is 2.19. The molecule has 0 amide bonds. The molecule has 0 aliphatic carbocycles. The average Bonchev–Trinajstić information content (AvgIpc) is 2.84. The fourth-order valence-corrected chi connectivity index (χ4v) is 1.84. The van der Waals surface area contributed by atoms with Crippen molar-refractivity contribution in [2.45, 2.75) is 52.7 Å². The predicted molar refractivity (Wildman–Crippen MR) is 83.4 cm³/mol. The van der Waals surface area contributed by atoms with E-state index < -0.39 is 0 Å². The molecule has 0 atom stereocenters. The second kappa shape index (κ2) is 6.72. The van der Waals surface area contributed by atoms with Crippen LogP contribution in [0.4, 0.5) is 0 Å². The average molecular weight is 288 g/mol. The number of ether oxygens (including phenoxy) is 1. The Bertz CT molecular complexity index is 572. The molecular weight excluding hydrogens is 264 g/mol. The van der Waals surface area contributed by atoms with Crippen LogP contribution in [0.3, 0.4) is 0 Å². The van der Waals surface area contributed by atoms with Crippen molar-refractivity contribution >= 4 is 0 Å². The molecule has 2 rings (SSSR count). The van der Waals surface area contributed by atoms with Crippen LogP contribution in [0.15, 0.2) is 30.6 Å². The van der Waals surface area contributed by atoms with Crippen LogP contribution in [-0.2, 0) is 13.1 Å². The van der Waals surface area contributed by atoms with E-state index in [-0.39, 0.29) is 5.54 Å². The van der Waals surface area contributed by atoms with Crippen molar-refractivity contribution < 1.29 is 4.74 Å². The van der Waals surface area contributed by atoms with Gasteiger partial charge in [0.15, 0.2) is 5.75 Å². The van der Waals surface area contributed by atoms with Gasteiger partial charge in [0.25, 0.3) is 0 Å². The Kier molecular flexibility index (Phi) is 4.96. The zero-order valence-electron chi connectivity index (χ0n) is 13.3. The molecule has 2 heterocycles. The quantitative estimate of drug-likeness (QED) is 0.885. The lowest BCUT2D eigenvalue weighted by molar-refractivity contribution is 0.416. The third kappa shape index (κ3) is 5.19. The highest BCUT2D eigenvalue weighted by atomic mass is 16.5. The van der Waals surface area contributed by atoms with Crippen LogP contribution in [0.1, 0.15) is 39.8 Å². The van der Waals surface area contributed by atoms with Gasteiger partial charge in [-0.25, -0.2) is 4.98 Å². The molecule has 5 heteroatoms. The fraction of sp³-hybridized carbons (Fsp3) is 0.500. The van der Waals surface area contributed by atoms with E-state index in [1.807, 2.05) is 29.1 Å². The molecule has 21 heavy (non-hydrogen) atoms. The summed E-state index contributed by atoms with van der Waals surface area (Å²) in [7, 11) is 0. The van der Waals surface area contributed by atoms with Gasteiger partial charge in [-0.3, -0.25) is 4.68 Å². The van der Waals surface area contributed by atoms with Crippen LogP contribution in [0, 0.1) is 0 Å². The van der Waals surface area contributed by atoms with Crippen molar-refractivity contribution in [3.05, 3.63) is 36.3 Å². The number of nitrogens with one attached hydrogen (secondary N) is 1. The van der Waals surface area contributed by atoms with Crippen molar-refractivity contribution in [2.24, 2.45) is 0 Å². The van der Waals surface area contributed by atoms with Crippen molar-refractivity contribution in [2.75, 3.05) is 0 Å². The van der Waals surface area contributed by atoms with E-state index in [1.165, 1.54) is 0 Å². The molecule has 2 aromatic heterocycles. The van der Waals surface area contributed by atoms with Gasteiger partial charge in [-0.05, 0) is 33.3 Å². The van der Waals surface area contributed by atoms with E-state index >= 15 is 0 Å². The topological polar surface area (TPSA) is 52.0 Å². The summed E-state index contributed by atoms with van der Waals surface area (Å²) in [6.45, 7) is 10.1. The lowest BCUT2D eigenvalue weighted by Gasteiger charge is -2.20. The Morgan fingerprint density at radius 2 is 2.10 bits per heavy atom. The minimum Gasteiger partial charge on any atom is -0.436 e. The molecule has 0 saturated carbocycles. The number of nitrogens with zero attached hydrogens (tertiary/aromatic N) is 3. The van der Waals surface area contributed by atoms with Gasteiger partial charge in [0.1, 0.15) is 0 Å². The third-order valence-electron chi connectivity index (χ3n) is 2.87. The summed E-state index contributed by atoms with van der Waals surface area (Å²) < 4.78 is 7.63. The van der Waals surface area contributed by atoms with E-state index in [4.69, 9.17) is 4.74 Å². The normalized spacial score (nSPS) is 11.6. The smallest absolute Gasteiger partial charge is 0.219 e. The molecule has 0 aliphatic rings. The lowest BCUT2D eigenvalue weighted by atomic mass is 10.1. The Hall–Kier alpha value is -1.88. The molecule has 0 saturated heterocycles. The van der Waals surface area contributed by atoms with Crippen LogP contribution in [-0.4, -0.2) is 20.3 Å². The summed E-state index contributed by atoms with van der Waals surface area (Å²) in [4.78, 5) is 4.50. The molecule has 114 valence electrons. The highest BCUT2D eigenvalue weighted by molar-refractivity contribution is 5.23. The molecule has 0 radical (unpaired) electrons. The van der Waals surface area contributed by atoms with Crippen LogP contribution in [0.2, 0.25) is 0 Å². The van der Waals surface area contributed by atoms with E-state index in [0.29, 0.717) is 5.88 Å². The van der Waals surface area contributed by atoms with E-state index in [9.17, 15) is 0 Å². The largest absolute Gasteiger partial charge is 0.436 e. The molecule has 5 nitrogen and oxygen atoms in total. The number of aryl methyl sites for hydroxylation is 1. The van der Waals surface area contributed by atoms with E-state index in [2.05, 4.69) is 43.1 Å². The Morgan fingerprint density at radius 3 is 2.81 bits per heavy atom. The van der Waals surface area contributed by atoms with Gasteiger partial charge in [0, 0.05) is 24.7 Å². The second-order valence-electron chi connectivity index (χ2n) is 6.11. The SMILES string of the molecule is CCCn1cc(Oc2cccc(CNC(C)(C)C)n2)cn1. The zero-order valence-corrected chi connectivity index (χ0v) is 13.3. The monoisotopic (exact) mass is 288 g/mol. The maximum atomic E-state index is 5.76. The second-order valence-corrected chi connectivity index (χ2v) is 6.11. The zero-order chi connectivity index (χ0) is 15.3. The lowest BCUT2D eigenvalue weighted by Crippen LogP contribution is -2.35. The first-order chi connectivity index (χ1) is 9.96. The first-order valence-electron chi connectivity index (χ1n) is 7.37. The minimum atomic E-state index is 0.0693. The molecule has 0 spiro atoms. The van der Waals surface area contributed by atoms with Crippen LogP contribution in [0.5, 0.6) is 11.6 Å². The molecular formula is C16H24N4O. The summed E-state index contributed by atoms with van der Waals surface area (Å²) in [5.74, 6) is 1.32. The van der Waals surface area contributed by atoms with Gasteiger partial charge in [-0.1, -0.05) is 13.0 Å². The van der Waals surface area contributed by atoms with Crippen molar-refractivity contribution in [1.82, 2.24) is 20.1 Å². The van der Waals surface area contributed by atoms with E-state index in [1.54, 1.807) is 6.20 Å². The molecule has 0 aromatic carbocycles. The number of rotatable bonds is 6. The summed E-state index contributed by atoms with van der Waals surface area (Å²) in [5, 5.41) is 7.66. The summed E-state index contributed by atoms with van der Waals surface area (Å²) in [6, 6.07) is 5.81. The van der Waals surface area contributed by atoms with Crippen LogP contribution >= 0.6 is 0 Å². The number of pyridine rings is 1. The van der Waals surface area contributed by atoms with Crippen molar-refractivity contribution in [3.8, 4) is 11.6 Å². The Morgan fingerprint density at radius 1 is 1.29 bits per heavy atom. The van der Waals surface area contributed by atoms with Crippen molar-refractivity contribution in [3.63, 3.8) is 0 Å². The highest BCUT2D eigenvalue weighted by Gasteiger charge is 2.09. The van der Waals surface area contributed by atoms with E-state index in [0.717, 1.165) is 31.0 Å². The minimum absolute atomic E-state index is 0.0693. The Labute approximate surface area is 126 Å². The number of hydrogen-bond donors (Lipinski definition) is 1. The summed E-state index contributed by atoms with van der Waals surface area (Å²) in [5.41, 5.74) is 1.03. The maximum Gasteiger partial charge on any atom is 0.219 e. The van der Waals surface area contributed by atoms with Gasteiger partial charge in [0.2, 0.25) is 5.88 Å². The molecule has 0 unspecified atom stereocenters. The number of hydrogen-bond acceptors (Lipinski definition) is 4. The van der Waals surface area contributed by atoms with Gasteiger partial charge in [-0.2, -0.15) is 5.10 Å². The van der Waals surface area contributed by atoms with Crippen LogP contribution < -0.4 is 10.1 Å². The number of aromatic nitrogens is 3. The molecule has 0 fully saturated rings. The van der Waals surface area contributed by atoms with Gasteiger partial charge in [0.05, 0.1) is 18.1 Å². The van der Waals surface area contributed by atoms with Gasteiger partial charge in [-0.15, -0.1) is 0 Å².